The summed E-state index contributed by atoms with van der Waals surface area (Å²) < 4.78 is 12.1. The van der Waals surface area contributed by atoms with Crippen LogP contribution in [0.1, 0.15) is 93.4 Å². The molecule has 4 rings (SSSR count). The van der Waals surface area contributed by atoms with Gasteiger partial charge < -0.3 is 9.47 Å². The van der Waals surface area contributed by atoms with Gasteiger partial charge in [0, 0.05) is 24.7 Å². The van der Waals surface area contributed by atoms with Crippen molar-refractivity contribution in [1.29, 1.82) is 0 Å². The molecule has 0 aromatic rings. The topological polar surface area (TPSA) is 69.7 Å². The highest BCUT2D eigenvalue weighted by Gasteiger charge is 2.64. The van der Waals surface area contributed by atoms with E-state index >= 15 is 0 Å². The lowest BCUT2D eigenvalue weighted by Crippen LogP contribution is -2.58. The van der Waals surface area contributed by atoms with Gasteiger partial charge in [-0.1, -0.05) is 46.3 Å². The van der Waals surface area contributed by atoms with Crippen LogP contribution in [-0.2, 0) is 23.9 Å². The normalized spacial score (nSPS) is 38.9. The van der Waals surface area contributed by atoms with E-state index in [9.17, 15) is 14.4 Å². The number of esters is 2. The summed E-state index contributed by atoms with van der Waals surface area (Å²) in [5.74, 6) is 2.04. The Hall–Kier alpha value is -1.91. The van der Waals surface area contributed by atoms with Crippen LogP contribution in [0, 0.1) is 46.3 Å². The van der Waals surface area contributed by atoms with Crippen LogP contribution in [-0.4, -0.2) is 29.9 Å². The molecule has 0 aliphatic heterocycles. The molecule has 4 aliphatic carbocycles. The number of ketones is 1. The first-order valence-electron chi connectivity index (χ1n) is 14.2. The van der Waals surface area contributed by atoms with Crippen molar-refractivity contribution in [2.24, 2.45) is 46.3 Å². The molecule has 0 saturated heterocycles. The summed E-state index contributed by atoms with van der Waals surface area (Å²) in [6, 6.07) is 0. The first-order valence-corrected chi connectivity index (χ1v) is 14.2. The summed E-state index contributed by atoms with van der Waals surface area (Å²) in [7, 11) is 0. The highest BCUT2D eigenvalue weighted by molar-refractivity contribution is 6.01. The standard InChI is InChI=1S/C31H46O5/c1-18(2)8-13-28(35-20(4)32)19(3)25-11-12-26-24-10-9-22-16-23(34)14-15-30(22,6)27(24)17-29(31(25,26)7)36-21(5)33/h14-16,18-19,24-29H,8-13,17H2,1-7H3. The SMILES string of the molecule is CC(=O)OC(CCC(C)C)C(C)C1CCC2C3CCC4=CC(=O)C=CC4(C)C3CC(OC(C)=O)C12C. The predicted octanol–water partition coefficient (Wildman–Crippen LogP) is 6.46. The predicted molar refractivity (Wildman–Crippen MR) is 140 cm³/mol. The zero-order chi connectivity index (χ0) is 26.4. The lowest BCUT2D eigenvalue weighted by Gasteiger charge is -2.59. The van der Waals surface area contributed by atoms with E-state index in [2.05, 4.69) is 40.7 Å². The highest BCUT2D eigenvalue weighted by Crippen LogP contribution is 2.67. The van der Waals surface area contributed by atoms with Gasteiger partial charge in [-0.3, -0.25) is 14.4 Å². The molecule has 3 fully saturated rings. The van der Waals surface area contributed by atoms with E-state index in [-0.39, 0.29) is 46.7 Å². The average Bonchev–Trinajstić information content (AvgIpc) is 3.15. The largest absolute Gasteiger partial charge is 0.462 e. The Labute approximate surface area is 217 Å². The maximum atomic E-state index is 12.4. The molecule has 0 bridgehead atoms. The Balaban J connectivity index is 1.68. The molecular formula is C31H46O5. The monoisotopic (exact) mass is 498 g/mol. The molecule has 9 atom stereocenters. The van der Waals surface area contributed by atoms with Crippen LogP contribution in [0.2, 0.25) is 0 Å². The third-order valence-corrected chi connectivity index (χ3v) is 10.6. The van der Waals surface area contributed by atoms with Crippen LogP contribution in [0.25, 0.3) is 0 Å². The quantitative estimate of drug-likeness (QED) is 0.377. The van der Waals surface area contributed by atoms with E-state index in [1.807, 2.05) is 6.08 Å². The smallest absolute Gasteiger partial charge is 0.302 e. The third-order valence-electron chi connectivity index (χ3n) is 10.6. The first-order chi connectivity index (χ1) is 16.9. The van der Waals surface area contributed by atoms with Crippen molar-refractivity contribution in [3.05, 3.63) is 23.8 Å². The minimum atomic E-state index is -0.223. The van der Waals surface area contributed by atoms with E-state index in [0.717, 1.165) is 44.9 Å². The van der Waals surface area contributed by atoms with Gasteiger partial charge >= 0.3 is 11.9 Å². The second kappa shape index (κ2) is 10.1. The van der Waals surface area contributed by atoms with Crippen LogP contribution in [0.4, 0.5) is 0 Å². The van der Waals surface area contributed by atoms with Crippen molar-refractivity contribution in [3.8, 4) is 0 Å². The van der Waals surface area contributed by atoms with Crippen molar-refractivity contribution < 1.29 is 23.9 Å². The van der Waals surface area contributed by atoms with Gasteiger partial charge in [-0.25, -0.2) is 0 Å². The fourth-order valence-corrected chi connectivity index (χ4v) is 8.81. The van der Waals surface area contributed by atoms with Crippen molar-refractivity contribution in [2.45, 2.75) is 106 Å². The van der Waals surface area contributed by atoms with E-state index < -0.39 is 0 Å². The van der Waals surface area contributed by atoms with Crippen molar-refractivity contribution >= 4 is 17.7 Å². The lowest BCUT2D eigenvalue weighted by atomic mass is 9.46. The van der Waals surface area contributed by atoms with E-state index in [0.29, 0.717) is 29.6 Å². The van der Waals surface area contributed by atoms with Gasteiger partial charge in [0.05, 0.1) is 0 Å². The minimum absolute atomic E-state index is 0.0887. The Morgan fingerprint density at radius 3 is 2.39 bits per heavy atom. The number of carbonyl (C=O) groups excluding carboxylic acids is 3. The zero-order valence-electron chi connectivity index (χ0n) is 23.3. The maximum Gasteiger partial charge on any atom is 0.302 e. The molecule has 200 valence electrons. The van der Waals surface area contributed by atoms with E-state index in [4.69, 9.17) is 9.47 Å². The van der Waals surface area contributed by atoms with Crippen LogP contribution in [0.15, 0.2) is 23.8 Å². The van der Waals surface area contributed by atoms with Gasteiger partial charge in [0.2, 0.25) is 0 Å². The Morgan fingerprint density at radius 1 is 1.03 bits per heavy atom. The summed E-state index contributed by atoms with van der Waals surface area (Å²) in [6.07, 6.45) is 12.3. The summed E-state index contributed by atoms with van der Waals surface area (Å²) in [5.41, 5.74) is 0.930. The fourth-order valence-electron chi connectivity index (χ4n) is 8.81. The second-order valence-corrected chi connectivity index (χ2v) is 13.0. The molecule has 0 heterocycles. The van der Waals surface area contributed by atoms with Crippen molar-refractivity contribution in [1.82, 2.24) is 0 Å². The second-order valence-electron chi connectivity index (χ2n) is 13.0. The number of hydrogen-bond donors (Lipinski definition) is 0. The molecule has 0 aromatic carbocycles. The number of carbonyl (C=O) groups is 3. The van der Waals surface area contributed by atoms with Crippen LogP contribution >= 0.6 is 0 Å². The summed E-state index contributed by atoms with van der Waals surface area (Å²) in [4.78, 5) is 36.6. The number of allylic oxidation sites excluding steroid dienone is 4. The molecule has 0 spiro atoms. The molecule has 0 N–H and O–H groups in total. The molecule has 0 aromatic heterocycles. The fraction of sp³-hybridized carbons (Fsp3) is 0.774. The minimum Gasteiger partial charge on any atom is -0.462 e. The number of hydrogen-bond acceptors (Lipinski definition) is 5. The zero-order valence-corrected chi connectivity index (χ0v) is 23.3. The van der Waals surface area contributed by atoms with Gasteiger partial charge in [-0.2, -0.15) is 0 Å². The molecule has 0 amide bonds. The summed E-state index contributed by atoms with van der Waals surface area (Å²) in [6.45, 7) is 14.3. The van der Waals surface area contributed by atoms with Crippen LogP contribution in [0.3, 0.4) is 0 Å². The molecular weight excluding hydrogens is 452 g/mol. The van der Waals surface area contributed by atoms with Crippen molar-refractivity contribution in [3.63, 3.8) is 0 Å². The first kappa shape index (κ1) is 27.1. The molecule has 0 radical (unpaired) electrons. The van der Waals surface area contributed by atoms with Gasteiger partial charge in [0.25, 0.3) is 0 Å². The lowest BCUT2D eigenvalue weighted by molar-refractivity contribution is -0.182. The Kier molecular flexibility index (Phi) is 7.61. The van der Waals surface area contributed by atoms with Crippen LogP contribution in [0.5, 0.6) is 0 Å². The Morgan fingerprint density at radius 2 is 1.75 bits per heavy atom. The van der Waals surface area contributed by atoms with E-state index in [1.54, 1.807) is 6.08 Å². The summed E-state index contributed by atoms with van der Waals surface area (Å²) in [5, 5.41) is 0. The number of fused-ring (bicyclic) bond motifs is 5. The van der Waals surface area contributed by atoms with Crippen LogP contribution < -0.4 is 0 Å². The van der Waals surface area contributed by atoms with Crippen molar-refractivity contribution in [2.75, 3.05) is 0 Å². The Bertz CT molecular complexity index is 947. The molecule has 36 heavy (non-hydrogen) atoms. The van der Waals surface area contributed by atoms with Gasteiger partial charge in [0.15, 0.2) is 5.78 Å². The molecule has 9 unspecified atom stereocenters. The molecule has 4 aliphatic rings. The van der Waals surface area contributed by atoms with Gasteiger partial charge in [0.1, 0.15) is 12.2 Å². The average molecular weight is 499 g/mol. The molecule has 5 nitrogen and oxygen atoms in total. The molecule has 3 saturated carbocycles. The highest BCUT2D eigenvalue weighted by atomic mass is 16.5. The number of rotatable bonds is 7. The molecule has 5 heteroatoms. The van der Waals surface area contributed by atoms with E-state index in [1.165, 1.54) is 19.4 Å². The number of ether oxygens (including phenoxy) is 2. The summed E-state index contributed by atoms with van der Waals surface area (Å²) >= 11 is 0. The maximum absolute atomic E-state index is 12.4. The van der Waals surface area contributed by atoms with Gasteiger partial charge in [-0.15, -0.1) is 0 Å². The van der Waals surface area contributed by atoms with Gasteiger partial charge in [-0.05, 0) is 92.6 Å². The third kappa shape index (κ3) is 4.72.